The van der Waals surface area contributed by atoms with Crippen molar-refractivity contribution in [3.63, 3.8) is 0 Å². The number of Topliss-reactive ketones (excluding diaryl/α,β-unsaturated/α-hetero) is 1. The average Bonchev–Trinajstić information content (AvgIpc) is 2.26. The van der Waals surface area contributed by atoms with Crippen LogP contribution < -0.4 is 0 Å². The van der Waals surface area contributed by atoms with Crippen molar-refractivity contribution in [2.45, 2.75) is 26.9 Å². The molecule has 1 aromatic rings. The molecule has 0 aliphatic carbocycles. The molecule has 0 heterocycles. The lowest BCUT2D eigenvalue weighted by Gasteiger charge is -2.18. The quantitative estimate of drug-likeness (QED) is 0.592. The molecule has 0 saturated carbocycles. The summed E-state index contributed by atoms with van der Waals surface area (Å²) in [5.74, 6) is -0.616. The minimum atomic E-state index is -0.689. The Balaban J connectivity index is 3.05. The Hall–Kier alpha value is -1.90. The second-order valence-electron chi connectivity index (χ2n) is 3.98. The second kappa shape index (κ2) is 5.43. The molecule has 1 atom stereocenters. The lowest BCUT2D eigenvalue weighted by atomic mass is 9.99. The Labute approximate surface area is 101 Å². The predicted octanol–water partition coefficient (Wildman–Crippen LogP) is 2.74. The topological polar surface area (TPSA) is 43.4 Å². The third-order valence-electron chi connectivity index (χ3n) is 2.43. The smallest absolute Gasteiger partial charge is 0.303 e. The van der Waals surface area contributed by atoms with Crippen LogP contribution in [0.3, 0.4) is 0 Å². The first-order chi connectivity index (χ1) is 7.91. The van der Waals surface area contributed by atoms with Crippen LogP contribution in [0.5, 0.6) is 0 Å². The van der Waals surface area contributed by atoms with Gasteiger partial charge in [-0.1, -0.05) is 36.4 Å². The molecule has 0 saturated heterocycles. The van der Waals surface area contributed by atoms with Gasteiger partial charge in [0.1, 0.15) is 0 Å². The number of ether oxygens (including phenoxy) is 1. The number of hydrogen-bond acceptors (Lipinski definition) is 3. The Morgan fingerprint density at radius 3 is 2.12 bits per heavy atom. The number of hydrogen-bond donors (Lipinski definition) is 0. The highest BCUT2D eigenvalue weighted by atomic mass is 16.5. The van der Waals surface area contributed by atoms with E-state index in [1.54, 1.807) is 0 Å². The first-order valence-electron chi connectivity index (χ1n) is 5.35. The third-order valence-corrected chi connectivity index (χ3v) is 2.43. The molecule has 3 heteroatoms. The molecular formula is C14H16O3. The lowest BCUT2D eigenvalue weighted by molar-refractivity contribution is -0.145. The fraction of sp³-hybridized carbons (Fsp3) is 0.286. The summed E-state index contributed by atoms with van der Waals surface area (Å²) in [6, 6.07) is 7.46. The van der Waals surface area contributed by atoms with Crippen molar-refractivity contribution in [2.75, 3.05) is 0 Å². The molecule has 0 radical (unpaired) electrons. The summed E-state index contributed by atoms with van der Waals surface area (Å²) >= 11 is 0. The molecule has 1 unspecified atom stereocenters. The number of aryl methyl sites for hydroxylation is 1. The van der Waals surface area contributed by atoms with Crippen molar-refractivity contribution in [1.29, 1.82) is 0 Å². The van der Waals surface area contributed by atoms with Gasteiger partial charge in [-0.2, -0.15) is 0 Å². The molecular weight excluding hydrogens is 216 g/mol. The van der Waals surface area contributed by atoms with Gasteiger partial charge in [0, 0.05) is 12.5 Å². The van der Waals surface area contributed by atoms with Gasteiger partial charge in [-0.3, -0.25) is 9.59 Å². The molecule has 0 fully saturated rings. The maximum absolute atomic E-state index is 11.3. The van der Waals surface area contributed by atoms with Crippen LogP contribution in [0, 0.1) is 6.92 Å². The fourth-order valence-electron chi connectivity index (χ4n) is 1.43. The van der Waals surface area contributed by atoms with Crippen LogP contribution in [0.25, 0.3) is 0 Å². The van der Waals surface area contributed by atoms with Crippen LogP contribution in [-0.4, -0.2) is 11.8 Å². The van der Waals surface area contributed by atoms with Gasteiger partial charge in [-0.05, 0) is 19.4 Å². The summed E-state index contributed by atoms with van der Waals surface area (Å²) < 4.78 is 5.14. The summed E-state index contributed by atoms with van der Waals surface area (Å²) in [6.45, 7) is 8.37. The number of ketones is 1. The van der Waals surface area contributed by atoms with Crippen LogP contribution in [0.2, 0.25) is 0 Å². The van der Waals surface area contributed by atoms with Crippen molar-refractivity contribution in [1.82, 2.24) is 0 Å². The van der Waals surface area contributed by atoms with E-state index >= 15 is 0 Å². The van der Waals surface area contributed by atoms with Crippen LogP contribution >= 0.6 is 0 Å². The van der Waals surface area contributed by atoms with Crippen LogP contribution in [0.1, 0.15) is 31.1 Å². The molecule has 0 aliphatic rings. The van der Waals surface area contributed by atoms with Gasteiger partial charge in [0.2, 0.25) is 0 Å². The molecule has 0 amide bonds. The molecule has 0 aliphatic heterocycles. The lowest BCUT2D eigenvalue weighted by Crippen LogP contribution is -2.14. The molecule has 0 spiro atoms. The van der Waals surface area contributed by atoms with Crippen molar-refractivity contribution in [2.24, 2.45) is 0 Å². The zero-order valence-electron chi connectivity index (χ0n) is 10.3. The molecule has 17 heavy (non-hydrogen) atoms. The van der Waals surface area contributed by atoms with Crippen molar-refractivity contribution in [3.05, 3.63) is 47.5 Å². The van der Waals surface area contributed by atoms with E-state index in [0.717, 1.165) is 11.1 Å². The number of benzene rings is 1. The van der Waals surface area contributed by atoms with E-state index in [-0.39, 0.29) is 11.4 Å². The van der Waals surface area contributed by atoms with E-state index in [4.69, 9.17) is 4.74 Å². The minimum Gasteiger partial charge on any atom is -0.453 e. The number of rotatable bonds is 4. The number of carbonyl (C=O) groups is 2. The molecule has 90 valence electrons. The van der Waals surface area contributed by atoms with Gasteiger partial charge in [0.25, 0.3) is 0 Å². The molecule has 1 aromatic carbocycles. The summed E-state index contributed by atoms with van der Waals surface area (Å²) in [7, 11) is 0. The Morgan fingerprint density at radius 2 is 1.71 bits per heavy atom. The SMILES string of the molecule is C=C(C(C)=O)C(OC(C)=O)c1ccc(C)cc1. The van der Waals surface area contributed by atoms with Crippen molar-refractivity contribution >= 4 is 11.8 Å². The minimum absolute atomic E-state index is 0.183. The summed E-state index contributed by atoms with van der Waals surface area (Å²) in [6.07, 6.45) is -0.689. The van der Waals surface area contributed by atoms with Crippen molar-refractivity contribution < 1.29 is 14.3 Å². The van der Waals surface area contributed by atoms with Gasteiger partial charge < -0.3 is 4.74 Å². The zero-order valence-corrected chi connectivity index (χ0v) is 10.3. The van der Waals surface area contributed by atoms with Crippen LogP contribution in [-0.2, 0) is 14.3 Å². The third kappa shape index (κ3) is 3.55. The largest absolute Gasteiger partial charge is 0.453 e. The molecule has 1 rings (SSSR count). The highest BCUT2D eigenvalue weighted by Crippen LogP contribution is 2.25. The molecule has 0 aromatic heterocycles. The normalized spacial score (nSPS) is 11.7. The van der Waals surface area contributed by atoms with E-state index in [9.17, 15) is 9.59 Å². The molecule has 0 bridgehead atoms. The second-order valence-corrected chi connectivity index (χ2v) is 3.98. The standard InChI is InChI=1S/C14H16O3/c1-9-5-7-13(8-6-9)14(17-12(4)16)10(2)11(3)15/h5-8,14H,2H2,1,3-4H3. The zero-order chi connectivity index (χ0) is 13.0. The Kier molecular flexibility index (Phi) is 4.21. The maximum Gasteiger partial charge on any atom is 0.303 e. The van der Waals surface area contributed by atoms with Gasteiger partial charge in [-0.25, -0.2) is 0 Å². The highest BCUT2D eigenvalue weighted by Gasteiger charge is 2.21. The number of carbonyl (C=O) groups excluding carboxylic acids is 2. The van der Waals surface area contributed by atoms with Gasteiger partial charge in [-0.15, -0.1) is 0 Å². The van der Waals surface area contributed by atoms with E-state index < -0.39 is 12.1 Å². The fourth-order valence-corrected chi connectivity index (χ4v) is 1.43. The van der Waals surface area contributed by atoms with Gasteiger partial charge >= 0.3 is 5.97 Å². The summed E-state index contributed by atoms with van der Waals surface area (Å²) in [5.41, 5.74) is 2.14. The van der Waals surface area contributed by atoms with E-state index in [2.05, 4.69) is 6.58 Å². The van der Waals surface area contributed by atoms with Crippen LogP contribution in [0.4, 0.5) is 0 Å². The summed E-state index contributed by atoms with van der Waals surface area (Å²) in [5, 5.41) is 0. The van der Waals surface area contributed by atoms with E-state index in [1.807, 2.05) is 31.2 Å². The average molecular weight is 232 g/mol. The van der Waals surface area contributed by atoms with E-state index in [0.29, 0.717) is 0 Å². The van der Waals surface area contributed by atoms with Gasteiger partial charge in [0.15, 0.2) is 11.9 Å². The summed E-state index contributed by atoms with van der Waals surface area (Å²) in [4.78, 5) is 22.4. The highest BCUT2D eigenvalue weighted by molar-refractivity contribution is 5.94. The van der Waals surface area contributed by atoms with Gasteiger partial charge in [0.05, 0.1) is 0 Å². The first-order valence-corrected chi connectivity index (χ1v) is 5.35. The predicted molar refractivity (Wildman–Crippen MR) is 65.5 cm³/mol. The Morgan fingerprint density at radius 1 is 1.18 bits per heavy atom. The number of esters is 1. The molecule has 0 N–H and O–H groups in total. The van der Waals surface area contributed by atoms with E-state index in [1.165, 1.54) is 13.8 Å². The molecule has 3 nitrogen and oxygen atoms in total. The maximum atomic E-state index is 11.3. The monoisotopic (exact) mass is 232 g/mol. The first kappa shape index (κ1) is 13.2. The Bertz CT molecular complexity index is 443. The van der Waals surface area contributed by atoms with Crippen LogP contribution in [0.15, 0.2) is 36.4 Å². The van der Waals surface area contributed by atoms with Crippen molar-refractivity contribution in [3.8, 4) is 0 Å².